The third kappa shape index (κ3) is 3.46. The molecule has 1 saturated heterocycles. The molecule has 0 bridgehead atoms. The Morgan fingerprint density at radius 1 is 1.20 bits per heavy atom. The van der Waals surface area contributed by atoms with Crippen LogP contribution in [0.25, 0.3) is 10.6 Å². The lowest BCUT2D eigenvalue weighted by atomic mass is 10.0. The second-order valence-electron chi connectivity index (χ2n) is 7.54. The SMILES string of the molecule is CN(C)C[C@@H]1CCCN1c1ccc(-c2nc3c(s2)C(O)CCC3)cc1. The van der Waals surface area contributed by atoms with E-state index < -0.39 is 0 Å². The maximum absolute atomic E-state index is 10.2. The number of aryl methyl sites for hydroxylation is 1. The molecule has 2 heterocycles. The number of rotatable bonds is 4. The largest absolute Gasteiger partial charge is 0.388 e. The molecule has 1 aromatic carbocycles. The van der Waals surface area contributed by atoms with Gasteiger partial charge in [-0.3, -0.25) is 0 Å². The minimum atomic E-state index is -0.314. The highest BCUT2D eigenvalue weighted by atomic mass is 32.1. The quantitative estimate of drug-likeness (QED) is 0.905. The van der Waals surface area contributed by atoms with Crippen molar-refractivity contribution >= 4 is 17.0 Å². The summed E-state index contributed by atoms with van der Waals surface area (Å²) in [5.74, 6) is 0. The molecule has 4 rings (SSSR count). The second-order valence-corrected chi connectivity index (χ2v) is 8.57. The van der Waals surface area contributed by atoms with E-state index in [2.05, 4.69) is 48.2 Å². The number of aromatic nitrogens is 1. The molecule has 1 fully saturated rings. The maximum Gasteiger partial charge on any atom is 0.123 e. The first-order valence-electron chi connectivity index (χ1n) is 9.31. The zero-order valence-electron chi connectivity index (χ0n) is 15.1. The van der Waals surface area contributed by atoms with Crippen LogP contribution in [0.15, 0.2) is 24.3 Å². The Bertz CT molecular complexity index is 725. The Balaban J connectivity index is 1.54. The van der Waals surface area contributed by atoms with Gasteiger partial charge in [0.25, 0.3) is 0 Å². The highest BCUT2D eigenvalue weighted by molar-refractivity contribution is 7.15. The fraction of sp³-hybridized carbons (Fsp3) is 0.550. The minimum absolute atomic E-state index is 0.314. The van der Waals surface area contributed by atoms with Gasteiger partial charge in [0.05, 0.1) is 16.7 Å². The van der Waals surface area contributed by atoms with Gasteiger partial charge in [-0.25, -0.2) is 4.98 Å². The molecule has 2 atom stereocenters. The van der Waals surface area contributed by atoms with Crippen LogP contribution in [-0.4, -0.2) is 48.2 Å². The molecule has 4 nitrogen and oxygen atoms in total. The van der Waals surface area contributed by atoms with Crippen molar-refractivity contribution in [2.45, 2.75) is 44.2 Å². The molecule has 2 aliphatic rings. The van der Waals surface area contributed by atoms with Crippen molar-refractivity contribution in [1.82, 2.24) is 9.88 Å². The molecule has 1 aliphatic heterocycles. The van der Waals surface area contributed by atoms with Crippen molar-refractivity contribution in [1.29, 1.82) is 0 Å². The summed E-state index contributed by atoms with van der Waals surface area (Å²) in [6.07, 6.45) is 5.15. The van der Waals surface area contributed by atoms with Gasteiger partial charge in [-0.15, -0.1) is 11.3 Å². The summed E-state index contributed by atoms with van der Waals surface area (Å²) in [7, 11) is 4.30. The van der Waals surface area contributed by atoms with Gasteiger partial charge < -0.3 is 14.9 Å². The smallest absolute Gasteiger partial charge is 0.123 e. The van der Waals surface area contributed by atoms with Crippen molar-refractivity contribution in [3.05, 3.63) is 34.8 Å². The van der Waals surface area contributed by atoms with Crippen LogP contribution in [0.5, 0.6) is 0 Å². The Morgan fingerprint density at radius 3 is 2.72 bits per heavy atom. The number of fused-ring (bicyclic) bond motifs is 1. The molecule has 2 aromatic rings. The molecular weight excluding hydrogens is 330 g/mol. The number of benzene rings is 1. The molecule has 25 heavy (non-hydrogen) atoms. The standard InChI is InChI=1S/C20H27N3OS/c1-22(2)13-16-5-4-12-23(16)15-10-8-14(9-11-15)20-21-17-6-3-7-18(24)19(17)25-20/h8-11,16,18,24H,3-7,12-13H2,1-2H3/t16-,18?/m0/s1. The zero-order chi connectivity index (χ0) is 17.4. The fourth-order valence-corrected chi connectivity index (χ4v) is 5.24. The Hall–Kier alpha value is -1.43. The van der Waals surface area contributed by atoms with E-state index >= 15 is 0 Å². The molecule has 134 valence electrons. The van der Waals surface area contributed by atoms with E-state index in [1.807, 2.05) is 0 Å². The number of aliphatic hydroxyl groups is 1. The lowest BCUT2D eigenvalue weighted by molar-refractivity contribution is 0.160. The predicted molar refractivity (Wildman–Crippen MR) is 104 cm³/mol. The Morgan fingerprint density at radius 2 is 2.00 bits per heavy atom. The van der Waals surface area contributed by atoms with Gasteiger partial charge >= 0.3 is 0 Å². The molecule has 1 N–H and O–H groups in total. The van der Waals surface area contributed by atoms with Gasteiger partial charge in [-0.05, 0) is 70.5 Å². The topological polar surface area (TPSA) is 39.6 Å². The van der Waals surface area contributed by atoms with E-state index in [-0.39, 0.29) is 6.10 Å². The summed E-state index contributed by atoms with van der Waals surface area (Å²) in [5.41, 5.74) is 3.58. The number of thiazole rings is 1. The highest BCUT2D eigenvalue weighted by Gasteiger charge is 2.26. The van der Waals surface area contributed by atoms with Crippen LogP contribution in [0, 0.1) is 0 Å². The minimum Gasteiger partial charge on any atom is -0.388 e. The highest BCUT2D eigenvalue weighted by Crippen LogP contribution is 2.38. The van der Waals surface area contributed by atoms with Gasteiger partial charge in [0, 0.05) is 30.4 Å². The first-order valence-corrected chi connectivity index (χ1v) is 10.1. The summed E-state index contributed by atoms with van der Waals surface area (Å²) in [6.45, 7) is 2.26. The zero-order valence-corrected chi connectivity index (χ0v) is 15.9. The summed E-state index contributed by atoms with van der Waals surface area (Å²) in [4.78, 5) is 10.7. The summed E-state index contributed by atoms with van der Waals surface area (Å²) in [6, 6.07) is 9.47. The average molecular weight is 358 g/mol. The summed E-state index contributed by atoms with van der Waals surface area (Å²) < 4.78 is 0. The molecule has 1 aromatic heterocycles. The molecule has 0 radical (unpaired) electrons. The van der Waals surface area contributed by atoms with Gasteiger partial charge in [-0.1, -0.05) is 0 Å². The van der Waals surface area contributed by atoms with Crippen LogP contribution >= 0.6 is 11.3 Å². The van der Waals surface area contributed by atoms with Crippen molar-refractivity contribution in [3.8, 4) is 10.6 Å². The number of hydrogen-bond donors (Lipinski definition) is 1. The lowest BCUT2D eigenvalue weighted by Gasteiger charge is -2.29. The summed E-state index contributed by atoms with van der Waals surface area (Å²) >= 11 is 1.66. The first kappa shape index (κ1) is 17.0. The monoisotopic (exact) mass is 357 g/mol. The van der Waals surface area contributed by atoms with E-state index in [0.29, 0.717) is 6.04 Å². The number of anilines is 1. The predicted octanol–water partition coefficient (Wildman–Crippen LogP) is 3.71. The van der Waals surface area contributed by atoms with Crippen LogP contribution in [-0.2, 0) is 6.42 Å². The number of aliphatic hydroxyl groups excluding tert-OH is 1. The van der Waals surface area contributed by atoms with Crippen LogP contribution in [0.2, 0.25) is 0 Å². The van der Waals surface area contributed by atoms with Gasteiger partial charge in [-0.2, -0.15) is 0 Å². The van der Waals surface area contributed by atoms with Crippen LogP contribution in [0.3, 0.4) is 0 Å². The van der Waals surface area contributed by atoms with E-state index in [1.165, 1.54) is 24.1 Å². The lowest BCUT2D eigenvalue weighted by Crippen LogP contribution is -2.37. The van der Waals surface area contributed by atoms with Crippen molar-refractivity contribution in [3.63, 3.8) is 0 Å². The van der Waals surface area contributed by atoms with Gasteiger partial charge in [0.2, 0.25) is 0 Å². The number of nitrogens with zero attached hydrogens (tertiary/aromatic N) is 3. The van der Waals surface area contributed by atoms with Crippen LogP contribution in [0.4, 0.5) is 5.69 Å². The van der Waals surface area contributed by atoms with Gasteiger partial charge in [0.1, 0.15) is 5.01 Å². The second kappa shape index (κ2) is 7.06. The van der Waals surface area contributed by atoms with E-state index in [9.17, 15) is 5.11 Å². The molecule has 0 amide bonds. The molecule has 0 saturated carbocycles. The average Bonchev–Trinajstić information content (AvgIpc) is 3.22. The maximum atomic E-state index is 10.2. The first-order chi connectivity index (χ1) is 12.1. The third-order valence-electron chi connectivity index (χ3n) is 5.32. The fourth-order valence-electron chi connectivity index (χ4n) is 4.10. The molecule has 0 spiro atoms. The van der Waals surface area contributed by atoms with Crippen LogP contribution in [0.1, 0.15) is 42.4 Å². The molecular formula is C20H27N3OS. The summed E-state index contributed by atoms with van der Waals surface area (Å²) in [5, 5.41) is 11.2. The third-order valence-corrected chi connectivity index (χ3v) is 6.57. The van der Waals surface area contributed by atoms with Crippen molar-refractivity contribution in [2.75, 3.05) is 32.1 Å². The molecule has 1 aliphatic carbocycles. The van der Waals surface area contributed by atoms with E-state index in [4.69, 9.17) is 4.98 Å². The Kier molecular flexibility index (Phi) is 4.80. The molecule has 5 heteroatoms. The number of likely N-dealkylation sites (N-methyl/N-ethyl adjacent to an activating group) is 1. The van der Waals surface area contributed by atoms with E-state index in [1.54, 1.807) is 11.3 Å². The van der Waals surface area contributed by atoms with Crippen LogP contribution < -0.4 is 4.90 Å². The molecule has 1 unspecified atom stereocenters. The van der Waals surface area contributed by atoms with Crippen molar-refractivity contribution in [2.24, 2.45) is 0 Å². The van der Waals surface area contributed by atoms with Gasteiger partial charge in [0.15, 0.2) is 0 Å². The number of hydrogen-bond acceptors (Lipinski definition) is 5. The van der Waals surface area contributed by atoms with E-state index in [0.717, 1.165) is 47.9 Å². The Labute approximate surface area is 154 Å². The normalized spacial score (nSPS) is 23.3. The van der Waals surface area contributed by atoms with Crippen molar-refractivity contribution < 1.29 is 5.11 Å².